The average Bonchev–Trinajstić information content (AvgIpc) is 2.72. The van der Waals surface area contributed by atoms with Crippen LogP contribution in [0.1, 0.15) is 12.5 Å². The zero-order valence-corrected chi connectivity index (χ0v) is 12.3. The monoisotopic (exact) mass is 293 g/mol. The first kappa shape index (κ1) is 14.5. The van der Waals surface area contributed by atoms with E-state index in [-0.39, 0.29) is 11.1 Å². The molecule has 1 fully saturated rings. The van der Waals surface area contributed by atoms with Gasteiger partial charge in [0, 0.05) is 6.54 Å². The van der Waals surface area contributed by atoms with Crippen molar-refractivity contribution < 1.29 is 19.1 Å². The van der Waals surface area contributed by atoms with Gasteiger partial charge in [-0.05, 0) is 42.5 Å². The van der Waals surface area contributed by atoms with Crippen molar-refractivity contribution >= 4 is 29.0 Å². The highest BCUT2D eigenvalue weighted by molar-refractivity contribution is 8.18. The highest BCUT2D eigenvalue weighted by Crippen LogP contribution is 2.34. The van der Waals surface area contributed by atoms with E-state index in [9.17, 15) is 9.59 Å². The summed E-state index contributed by atoms with van der Waals surface area (Å²) in [5.74, 6) is 0.944. The summed E-state index contributed by atoms with van der Waals surface area (Å²) in [4.78, 5) is 25.3. The number of ether oxygens (including phenoxy) is 2. The summed E-state index contributed by atoms with van der Waals surface area (Å²) in [5.41, 5.74) is 0.782. The molecule has 0 saturated carbocycles. The Labute approximate surface area is 121 Å². The lowest BCUT2D eigenvalue weighted by atomic mass is 10.2. The van der Waals surface area contributed by atoms with Crippen LogP contribution in [0.25, 0.3) is 6.08 Å². The maximum absolute atomic E-state index is 12.0. The van der Waals surface area contributed by atoms with Crippen LogP contribution in [0.3, 0.4) is 0 Å². The first-order valence-electron chi connectivity index (χ1n) is 6.08. The van der Waals surface area contributed by atoms with Crippen molar-refractivity contribution in [2.45, 2.75) is 6.92 Å². The van der Waals surface area contributed by atoms with Crippen molar-refractivity contribution in [1.82, 2.24) is 4.90 Å². The number of imide groups is 1. The summed E-state index contributed by atoms with van der Waals surface area (Å²) in [5, 5.41) is -0.232. The van der Waals surface area contributed by atoms with Gasteiger partial charge in [0.25, 0.3) is 11.1 Å². The van der Waals surface area contributed by atoms with Gasteiger partial charge in [-0.15, -0.1) is 0 Å². The van der Waals surface area contributed by atoms with Gasteiger partial charge in [0.05, 0.1) is 19.1 Å². The second-order valence-electron chi connectivity index (χ2n) is 4.04. The lowest BCUT2D eigenvalue weighted by Gasteiger charge is -2.08. The van der Waals surface area contributed by atoms with Crippen LogP contribution in [0.15, 0.2) is 23.1 Å². The topological polar surface area (TPSA) is 55.8 Å². The molecule has 20 heavy (non-hydrogen) atoms. The maximum atomic E-state index is 12.0. The molecule has 1 aliphatic rings. The number of hydrogen-bond donors (Lipinski definition) is 0. The number of nitrogens with zero attached hydrogens (tertiary/aromatic N) is 1. The summed E-state index contributed by atoms with van der Waals surface area (Å²) in [6.45, 7) is 2.16. The van der Waals surface area contributed by atoms with E-state index in [1.165, 1.54) is 4.90 Å². The highest BCUT2D eigenvalue weighted by Gasteiger charge is 2.33. The standard InChI is InChI=1S/C14H15NO4S/c1-4-15-13(16)12(20-14(15)17)8-9-5-6-10(18-2)11(7-9)19-3/h5-8H,4H2,1-3H3/b12-8-. The molecule has 2 amide bonds. The van der Waals surface area contributed by atoms with Crippen LogP contribution in [0.4, 0.5) is 4.79 Å². The van der Waals surface area contributed by atoms with Crippen molar-refractivity contribution in [3.05, 3.63) is 28.7 Å². The first-order valence-corrected chi connectivity index (χ1v) is 6.89. The van der Waals surface area contributed by atoms with Gasteiger partial charge in [0.15, 0.2) is 11.5 Å². The molecule has 0 atom stereocenters. The molecule has 6 heteroatoms. The molecule has 5 nitrogen and oxygen atoms in total. The molecule has 0 bridgehead atoms. The third kappa shape index (κ3) is 2.65. The SMILES string of the molecule is CCN1C(=O)S/C(=C\c2ccc(OC)c(OC)c2)C1=O. The second kappa shape index (κ2) is 6.00. The van der Waals surface area contributed by atoms with E-state index in [0.717, 1.165) is 17.3 Å². The molecule has 1 aliphatic heterocycles. The maximum Gasteiger partial charge on any atom is 0.293 e. The van der Waals surface area contributed by atoms with Gasteiger partial charge < -0.3 is 9.47 Å². The predicted octanol–water partition coefficient (Wildman–Crippen LogP) is 2.76. The van der Waals surface area contributed by atoms with E-state index in [4.69, 9.17) is 9.47 Å². The third-order valence-electron chi connectivity index (χ3n) is 2.90. The van der Waals surface area contributed by atoms with Crippen LogP contribution in [-0.4, -0.2) is 36.8 Å². The van der Waals surface area contributed by atoms with E-state index >= 15 is 0 Å². The van der Waals surface area contributed by atoms with Gasteiger partial charge in [0.2, 0.25) is 0 Å². The van der Waals surface area contributed by atoms with Gasteiger partial charge in [-0.2, -0.15) is 0 Å². The summed E-state index contributed by atoms with van der Waals surface area (Å²) in [6.07, 6.45) is 1.68. The Morgan fingerprint density at radius 1 is 1.20 bits per heavy atom. The number of rotatable bonds is 4. The Hall–Kier alpha value is -1.95. The molecular formula is C14H15NO4S. The van der Waals surface area contributed by atoms with E-state index in [1.54, 1.807) is 45.4 Å². The Morgan fingerprint density at radius 3 is 2.45 bits per heavy atom. The van der Waals surface area contributed by atoms with Gasteiger partial charge in [-0.1, -0.05) is 6.07 Å². The number of benzene rings is 1. The number of methoxy groups -OCH3 is 2. The number of amides is 2. The smallest absolute Gasteiger partial charge is 0.293 e. The quantitative estimate of drug-likeness (QED) is 0.799. The van der Waals surface area contributed by atoms with Crippen molar-refractivity contribution in [3.63, 3.8) is 0 Å². The first-order chi connectivity index (χ1) is 9.60. The molecule has 0 unspecified atom stereocenters. The molecule has 1 heterocycles. The number of thioether (sulfide) groups is 1. The molecule has 0 aliphatic carbocycles. The van der Waals surface area contributed by atoms with Crippen molar-refractivity contribution in [1.29, 1.82) is 0 Å². The van der Waals surface area contributed by atoms with Gasteiger partial charge >= 0.3 is 0 Å². The lowest BCUT2D eigenvalue weighted by Crippen LogP contribution is -2.27. The molecule has 2 rings (SSSR count). The van der Waals surface area contributed by atoms with Crippen LogP contribution in [-0.2, 0) is 4.79 Å². The summed E-state index contributed by atoms with van der Waals surface area (Å²) in [6, 6.07) is 5.33. The molecule has 1 aromatic rings. The van der Waals surface area contributed by atoms with Crippen LogP contribution >= 0.6 is 11.8 Å². The molecular weight excluding hydrogens is 278 g/mol. The minimum absolute atomic E-state index is 0.232. The van der Waals surface area contributed by atoms with Crippen LogP contribution in [0.5, 0.6) is 11.5 Å². The Kier molecular flexibility index (Phi) is 4.34. The Morgan fingerprint density at radius 2 is 1.90 bits per heavy atom. The highest BCUT2D eigenvalue weighted by atomic mass is 32.2. The van der Waals surface area contributed by atoms with Crippen LogP contribution < -0.4 is 9.47 Å². The third-order valence-corrected chi connectivity index (χ3v) is 3.80. The van der Waals surface area contributed by atoms with Gasteiger partial charge in [-0.3, -0.25) is 14.5 Å². The fraction of sp³-hybridized carbons (Fsp3) is 0.286. The second-order valence-corrected chi connectivity index (χ2v) is 5.03. The van der Waals surface area contributed by atoms with Crippen LogP contribution in [0.2, 0.25) is 0 Å². The zero-order chi connectivity index (χ0) is 14.7. The van der Waals surface area contributed by atoms with Crippen molar-refractivity contribution in [3.8, 4) is 11.5 Å². The minimum Gasteiger partial charge on any atom is -0.493 e. The molecule has 1 aromatic carbocycles. The van der Waals surface area contributed by atoms with Gasteiger partial charge in [-0.25, -0.2) is 0 Å². The van der Waals surface area contributed by atoms with Gasteiger partial charge in [0.1, 0.15) is 0 Å². The van der Waals surface area contributed by atoms with E-state index in [0.29, 0.717) is 22.9 Å². The minimum atomic E-state index is -0.253. The average molecular weight is 293 g/mol. The summed E-state index contributed by atoms with van der Waals surface area (Å²) < 4.78 is 10.4. The number of likely N-dealkylation sites (N-methyl/N-ethyl adjacent to an activating group) is 1. The zero-order valence-electron chi connectivity index (χ0n) is 11.5. The Bertz CT molecular complexity index is 583. The molecule has 0 aromatic heterocycles. The Balaban J connectivity index is 2.32. The van der Waals surface area contributed by atoms with E-state index in [1.807, 2.05) is 0 Å². The number of carbonyl (C=O) groups is 2. The summed E-state index contributed by atoms with van der Waals surface area (Å²) in [7, 11) is 3.11. The van der Waals surface area contributed by atoms with Crippen molar-refractivity contribution in [2.24, 2.45) is 0 Å². The van der Waals surface area contributed by atoms with E-state index < -0.39 is 0 Å². The van der Waals surface area contributed by atoms with E-state index in [2.05, 4.69) is 0 Å². The fourth-order valence-electron chi connectivity index (χ4n) is 1.87. The normalized spacial score (nSPS) is 16.9. The summed E-state index contributed by atoms with van der Waals surface area (Å²) >= 11 is 0.951. The fourth-order valence-corrected chi connectivity index (χ4v) is 2.77. The molecule has 106 valence electrons. The lowest BCUT2D eigenvalue weighted by molar-refractivity contribution is -0.122. The largest absolute Gasteiger partial charge is 0.493 e. The molecule has 1 saturated heterocycles. The molecule has 0 N–H and O–H groups in total. The van der Waals surface area contributed by atoms with Crippen molar-refractivity contribution in [2.75, 3.05) is 20.8 Å². The molecule has 0 radical (unpaired) electrons. The predicted molar refractivity (Wildman–Crippen MR) is 77.9 cm³/mol. The molecule has 0 spiro atoms. The van der Waals surface area contributed by atoms with Crippen LogP contribution in [0, 0.1) is 0 Å². The number of carbonyl (C=O) groups excluding carboxylic acids is 2. The number of hydrogen-bond acceptors (Lipinski definition) is 5.